The van der Waals surface area contributed by atoms with Gasteiger partial charge < -0.3 is 9.38 Å². The highest BCUT2D eigenvalue weighted by atomic mass is 31.1. The van der Waals surface area contributed by atoms with E-state index in [1.54, 1.807) is 0 Å². The summed E-state index contributed by atoms with van der Waals surface area (Å²) in [5, 5.41) is 0. The summed E-state index contributed by atoms with van der Waals surface area (Å²) in [7, 11) is 5.58. The lowest BCUT2D eigenvalue weighted by molar-refractivity contribution is -0.870. The molecule has 0 aromatic heterocycles. The number of nitrogens with zero attached hydrogens (tertiary/aromatic N) is 2. The molecule has 0 N–H and O–H groups in total. The third kappa shape index (κ3) is 16.4. The van der Waals surface area contributed by atoms with Gasteiger partial charge in [0.25, 0.3) is 0 Å². The van der Waals surface area contributed by atoms with Gasteiger partial charge in [-0.2, -0.15) is 0 Å². The molecule has 1 atom stereocenters. The van der Waals surface area contributed by atoms with Crippen LogP contribution in [0.3, 0.4) is 0 Å². The van der Waals surface area contributed by atoms with Crippen LogP contribution >= 0.6 is 8.69 Å². The van der Waals surface area contributed by atoms with Crippen molar-refractivity contribution in [1.82, 2.24) is 4.90 Å². The Morgan fingerprint density at radius 3 is 1.69 bits per heavy atom. The van der Waals surface area contributed by atoms with Crippen LogP contribution in [0.5, 0.6) is 0 Å². The van der Waals surface area contributed by atoms with Crippen LogP contribution in [-0.2, 0) is 9.09 Å². The van der Waals surface area contributed by atoms with Gasteiger partial charge in [0.2, 0.25) is 0 Å². The molecule has 4 nitrogen and oxygen atoms in total. The molecule has 1 unspecified atom stereocenters. The highest BCUT2D eigenvalue weighted by Crippen LogP contribution is 1.96. The Hall–Kier alpha value is -0.0200. The van der Waals surface area contributed by atoms with E-state index in [4.69, 9.17) is 0 Å². The smallest absolute Gasteiger partial charge is 0.329 e. The molecule has 0 aromatic carbocycles. The van der Waals surface area contributed by atoms with Gasteiger partial charge in [-0.25, -0.2) is 0 Å². The summed E-state index contributed by atoms with van der Waals surface area (Å²) in [6.07, 6.45) is 0. The maximum absolute atomic E-state index is 9.81. The van der Waals surface area contributed by atoms with Gasteiger partial charge >= 0.3 is 8.69 Å². The van der Waals surface area contributed by atoms with E-state index < -0.39 is 8.69 Å². The quantitative estimate of drug-likeness (QED) is 0.394. The molecule has 0 spiro atoms. The van der Waals surface area contributed by atoms with Crippen molar-refractivity contribution < 1.29 is 13.6 Å². The average molecular weight is 252 g/mol. The molecule has 0 bridgehead atoms. The maximum Gasteiger partial charge on any atom is 0.494 e. The van der Waals surface area contributed by atoms with Crippen molar-refractivity contribution in [1.29, 1.82) is 0 Å². The third-order valence-electron chi connectivity index (χ3n) is 2.26. The van der Waals surface area contributed by atoms with Crippen LogP contribution in [0, 0.1) is 0 Å². The Bertz CT molecular complexity index is 151. The van der Waals surface area contributed by atoms with Gasteiger partial charge in [0, 0.05) is 0 Å². The van der Waals surface area contributed by atoms with E-state index in [0.29, 0.717) is 6.61 Å². The van der Waals surface area contributed by atoms with Crippen LogP contribution in [0.4, 0.5) is 0 Å². The number of rotatable bonds is 7. The van der Waals surface area contributed by atoms with Crippen LogP contribution in [0.15, 0.2) is 0 Å². The number of hydrogen-bond acceptors (Lipinski definition) is 3. The molecule has 0 aliphatic heterocycles. The number of quaternary nitrogens is 1. The van der Waals surface area contributed by atoms with Gasteiger partial charge in [0.05, 0.1) is 21.1 Å². The Labute approximate surface area is 102 Å². The van der Waals surface area contributed by atoms with Gasteiger partial charge in [0.1, 0.15) is 6.54 Å². The van der Waals surface area contributed by atoms with Crippen molar-refractivity contribution in [2.24, 2.45) is 0 Å². The van der Waals surface area contributed by atoms with Gasteiger partial charge in [-0.1, -0.05) is 20.8 Å². The fourth-order valence-electron chi connectivity index (χ4n) is 1.03. The molecule has 0 radical (unpaired) electrons. The highest BCUT2D eigenvalue weighted by Gasteiger charge is 2.06. The molecule has 0 aliphatic carbocycles. The molecule has 0 fully saturated rings. The van der Waals surface area contributed by atoms with Crippen LogP contribution in [0.2, 0.25) is 0 Å². The zero-order valence-corrected chi connectivity index (χ0v) is 12.7. The zero-order chi connectivity index (χ0) is 13.0. The Morgan fingerprint density at radius 1 is 1.06 bits per heavy atom. The van der Waals surface area contributed by atoms with Crippen molar-refractivity contribution >= 4 is 8.69 Å². The normalized spacial score (nSPS) is 11.4. The molecule has 0 aliphatic rings. The molecule has 0 saturated carbocycles. The first-order chi connectivity index (χ1) is 7.41. The molecule has 0 amide bonds. The van der Waals surface area contributed by atoms with Crippen molar-refractivity contribution in [3.63, 3.8) is 0 Å². The van der Waals surface area contributed by atoms with Gasteiger partial charge in [-0.3, -0.25) is 0 Å². The van der Waals surface area contributed by atoms with E-state index in [0.717, 1.165) is 11.0 Å². The predicted molar refractivity (Wildman–Crippen MR) is 71.3 cm³/mol. The minimum absolute atomic E-state index is 0.575. The van der Waals surface area contributed by atoms with E-state index in [1.807, 2.05) is 0 Å². The van der Waals surface area contributed by atoms with E-state index >= 15 is 0 Å². The van der Waals surface area contributed by atoms with Gasteiger partial charge in [0.15, 0.2) is 6.61 Å². The van der Waals surface area contributed by atoms with Crippen molar-refractivity contribution in [2.75, 3.05) is 53.9 Å². The van der Waals surface area contributed by atoms with E-state index in [9.17, 15) is 4.57 Å². The van der Waals surface area contributed by atoms with Crippen LogP contribution < -0.4 is 0 Å². The first-order valence-corrected chi connectivity index (χ1v) is 6.74. The number of hydrogen-bond donors (Lipinski definition) is 0. The zero-order valence-electron chi connectivity index (χ0n) is 11.7. The molecule has 0 rings (SSSR count). The lowest BCUT2D eigenvalue weighted by atomic mass is 10.5. The van der Waals surface area contributed by atoms with Gasteiger partial charge in [-0.15, -0.1) is 4.52 Å². The minimum atomic E-state index is -0.616. The van der Waals surface area contributed by atoms with Gasteiger partial charge in [-0.05, 0) is 24.2 Å². The second-order valence-corrected chi connectivity index (χ2v) is 5.02. The SMILES string of the molecule is CCN(CC)CC.C[N+](C)(C)CCO[PH+]=O. The van der Waals surface area contributed by atoms with E-state index in [-0.39, 0.29) is 0 Å². The Balaban J connectivity index is 0. The molecule has 0 saturated heterocycles. The Morgan fingerprint density at radius 2 is 1.50 bits per heavy atom. The molecular formula is C11H29N2O2P+2. The van der Waals surface area contributed by atoms with Crippen molar-refractivity contribution in [3.05, 3.63) is 0 Å². The van der Waals surface area contributed by atoms with E-state index in [2.05, 4.69) is 51.3 Å². The minimum Gasteiger partial charge on any atom is -0.329 e. The molecule has 0 heterocycles. The first-order valence-electron chi connectivity index (χ1n) is 5.92. The van der Waals surface area contributed by atoms with Crippen molar-refractivity contribution in [2.45, 2.75) is 20.8 Å². The monoisotopic (exact) mass is 252 g/mol. The number of likely N-dealkylation sites (N-methyl/N-ethyl adjacent to an activating group) is 1. The molecule has 0 aromatic rings. The summed E-state index contributed by atoms with van der Waals surface area (Å²) in [5.41, 5.74) is 0. The fraction of sp³-hybridized carbons (Fsp3) is 1.00. The van der Waals surface area contributed by atoms with Crippen LogP contribution in [-0.4, -0.2) is 63.3 Å². The van der Waals surface area contributed by atoms with E-state index in [1.165, 1.54) is 19.6 Å². The maximum atomic E-state index is 9.81. The summed E-state index contributed by atoms with van der Waals surface area (Å²) in [5.74, 6) is 0. The standard InChI is InChI=1S/C6H15N.C5H14NO2P/c1-4-7(5-2)6-3;1-6(2,3)4-5-8-9-7/h4-6H2,1-3H3;9H,4-5H2,1-3H3/q;+2. The molecule has 98 valence electrons. The molecular weight excluding hydrogens is 223 g/mol. The molecule has 16 heavy (non-hydrogen) atoms. The molecule has 5 heteroatoms. The second kappa shape index (κ2) is 11.5. The summed E-state index contributed by atoms with van der Waals surface area (Å²) in [6.45, 7) is 11.6. The third-order valence-corrected chi connectivity index (χ3v) is 2.59. The lowest BCUT2D eigenvalue weighted by Crippen LogP contribution is -2.37. The topological polar surface area (TPSA) is 29.5 Å². The Kier molecular flexibility index (Phi) is 13.1. The van der Waals surface area contributed by atoms with Crippen LogP contribution in [0.1, 0.15) is 20.8 Å². The van der Waals surface area contributed by atoms with Crippen molar-refractivity contribution in [3.8, 4) is 0 Å². The lowest BCUT2D eigenvalue weighted by Gasteiger charge is -2.21. The van der Waals surface area contributed by atoms with Crippen LogP contribution in [0.25, 0.3) is 0 Å². The average Bonchev–Trinajstić information content (AvgIpc) is 2.20. The summed E-state index contributed by atoms with van der Waals surface area (Å²) < 4.78 is 15.3. The summed E-state index contributed by atoms with van der Waals surface area (Å²) in [4.78, 5) is 2.38. The second-order valence-electron chi connectivity index (χ2n) is 4.57. The summed E-state index contributed by atoms with van der Waals surface area (Å²) >= 11 is 0. The largest absolute Gasteiger partial charge is 0.494 e. The predicted octanol–water partition coefficient (Wildman–Crippen LogP) is 2.00. The first kappa shape index (κ1) is 18.3. The summed E-state index contributed by atoms with van der Waals surface area (Å²) in [6, 6.07) is 0. The fourth-order valence-corrected chi connectivity index (χ4v) is 1.21. The highest BCUT2D eigenvalue weighted by molar-refractivity contribution is 7.17.